The van der Waals surface area contributed by atoms with Gasteiger partial charge in [-0.15, -0.1) is 0 Å². The molecule has 3 aromatic carbocycles. The molecule has 1 unspecified atom stereocenters. The lowest BCUT2D eigenvalue weighted by Gasteiger charge is -2.21. The molecule has 0 saturated carbocycles. The maximum absolute atomic E-state index is 13.8. The van der Waals surface area contributed by atoms with Gasteiger partial charge < -0.3 is 5.32 Å². The van der Waals surface area contributed by atoms with E-state index >= 15 is 0 Å². The molecule has 7 aromatic rings. The van der Waals surface area contributed by atoms with E-state index in [4.69, 9.17) is 4.98 Å². The van der Waals surface area contributed by atoms with Crippen LogP contribution in [0.15, 0.2) is 83.9 Å². The molecular weight excluding hydrogens is 731 g/mol. The van der Waals surface area contributed by atoms with Gasteiger partial charge in [0.2, 0.25) is 5.91 Å². The maximum atomic E-state index is 13.8. The van der Waals surface area contributed by atoms with Gasteiger partial charge in [-0.05, 0) is 82.9 Å². The minimum Gasteiger partial charge on any atom is -0.340 e. The number of hydrogen-bond acceptors (Lipinski definition) is 7. The first kappa shape index (κ1) is 36.9. The summed E-state index contributed by atoms with van der Waals surface area (Å²) in [6.45, 7) is 4.22. The zero-order valence-corrected chi connectivity index (χ0v) is 31.4. The normalized spacial score (nSPS) is 14.4. The number of aromatic nitrogens is 6. The summed E-state index contributed by atoms with van der Waals surface area (Å²) in [5.74, 6) is 4.52. The average molecular weight is 767 g/mol. The van der Waals surface area contributed by atoms with Crippen molar-refractivity contribution in [3.8, 4) is 34.2 Å². The standard InChI is InChI=1S/C43H36F2N8O4/c1-23(2)30-18-27(20-36-39(30)52(4)43(57)51(36)3)28-9-5-8-25-19-33(48-22-31(25)28)26-11-13-32(47-21-26)41(55)46-16-6-7-24-10-12-29-35(17-24)53(50-38(29)40(44)45)34-14-15-37(54)49-42(34)56/h5,8-13,17-23,34,40H,14-16H2,1-4H3,(H,46,55)(H,49,54,56). The van der Waals surface area contributed by atoms with Gasteiger partial charge in [-0.2, -0.15) is 5.10 Å². The van der Waals surface area contributed by atoms with Gasteiger partial charge in [-0.1, -0.05) is 43.9 Å². The van der Waals surface area contributed by atoms with Crippen molar-refractivity contribution < 1.29 is 23.2 Å². The molecule has 0 spiro atoms. The molecule has 1 fully saturated rings. The van der Waals surface area contributed by atoms with Gasteiger partial charge in [0.15, 0.2) is 0 Å². The van der Waals surface area contributed by atoms with Crippen LogP contribution in [0.4, 0.5) is 8.78 Å². The number of piperidine rings is 1. The summed E-state index contributed by atoms with van der Waals surface area (Å²) in [7, 11) is 3.59. The smallest absolute Gasteiger partial charge is 0.328 e. The van der Waals surface area contributed by atoms with Gasteiger partial charge in [0.1, 0.15) is 17.4 Å². The van der Waals surface area contributed by atoms with Crippen LogP contribution < -0.4 is 16.3 Å². The molecule has 0 aliphatic carbocycles. The molecule has 0 bridgehead atoms. The van der Waals surface area contributed by atoms with Crippen molar-refractivity contribution in [2.45, 2.75) is 45.1 Å². The lowest BCUT2D eigenvalue weighted by atomic mass is 9.93. The summed E-state index contributed by atoms with van der Waals surface area (Å²) in [6, 6.07) is 19.3. The molecule has 5 heterocycles. The summed E-state index contributed by atoms with van der Waals surface area (Å²) >= 11 is 0. The van der Waals surface area contributed by atoms with E-state index in [9.17, 15) is 28.0 Å². The van der Waals surface area contributed by atoms with Crippen molar-refractivity contribution in [3.63, 3.8) is 0 Å². The Hall–Kier alpha value is -7.01. The summed E-state index contributed by atoms with van der Waals surface area (Å²) in [5.41, 5.74) is 6.71. The Morgan fingerprint density at radius 1 is 0.930 bits per heavy atom. The molecule has 4 aromatic heterocycles. The molecule has 57 heavy (non-hydrogen) atoms. The highest BCUT2D eigenvalue weighted by molar-refractivity contribution is 6.01. The lowest BCUT2D eigenvalue weighted by molar-refractivity contribution is -0.135. The van der Waals surface area contributed by atoms with Crippen LogP contribution >= 0.6 is 0 Å². The van der Waals surface area contributed by atoms with Gasteiger partial charge in [-0.3, -0.25) is 43.5 Å². The number of imidazole rings is 1. The summed E-state index contributed by atoms with van der Waals surface area (Å²) in [5, 5.41) is 11.1. The lowest BCUT2D eigenvalue weighted by Crippen LogP contribution is -2.42. The summed E-state index contributed by atoms with van der Waals surface area (Å²) in [6.07, 6.45) is 0.762. The predicted octanol–water partition coefficient (Wildman–Crippen LogP) is 6.32. The Kier molecular flexibility index (Phi) is 9.44. The highest BCUT2D eigenvalue weighted by Gasteiger charge is 2.32. The Bertz CT molecular complexity index is 2920. The number of rotatable bonds is 7. The van der Waals surface area contributed by atoms with Crippen LogP contribution in [0.1, 0.15) is 72.4 Å². The van der Waals surface area contributed by atoms with Crippen molar-refractivity contribution in [1.29, 1.82) is 0 Å². The fourth-order valence-electron chi connectivity index (χ4n) is 7.46. The number of amides is 3. The Balaban J connectivity index is 0.978. The van der Waals surface area contributed by atoms with Crippen LogP contribution in [0.25, 0.3) is 55.1 Å². The number of hydrogen-bond donors (Lipinski definition) is 2. The third kappa shape index (κ3) is 6.71. The Morgan fingerprint density at radius 2 is 1.75 bits per heavy atom. The number of imide groups is 1. The third-order valence-corrected chi connectivity index (χ3v) is 10.4. The fraction of sp³-hybridized carbons (Fsp3) is 0.233. The number of halogens is 2. The van der Waals surface area contributed by atoms with Crippen molar-refractivity contribution in [2.75, 3.05) is 6.54 Å². The van der Waals surface area contributed by atoms with Crippen LogP contribution in [0.3, 0.4) is 0 Å². The first-order valence-corrected chi connectivity index (χ1v) is 18.4. The van der Waals surface area contributed by atoms with E-state index in [0.29, 0.717) is 16.8 Å². The van der Waals surface area contributed by atoms with E-state index in [1.165, 1.54) is 10.7 Å². The van der Waals surface area contributed by atoms with Crippen LogP contribution in [0.2, 0.25) is 0 Å². The van der Waals surface area contributed by atoms with Crippen LogP contribution in [-0.2, 0) is 23.7 Å². The Morgan fingerprint density at radius 3 is 2.49 bits per heavy atom. The molecule has 12 nitrogen and oxygen atoms in total. The number of aryl methyl sites for hydroxylation is 2. The largest absolute Gasteiger partial charge is 0.340 e. The van der Waals surface area contributed by atoms with Crippen molar-refractivity contribution >= 4 is 50.4 Å². The molecule has 8 rings (SSSR count). The third-order valence-electron chi connectivity index (χ3n) is 10.4. The van der Waals surface area contributed by atoms with Gasteiger partial charge in [0, 0.05) is 54.8 Å². The number of carbonyl (C=O) groups excluding carboxylic acids is 3. The maximum Gasteiger partial charge on any atom is 0.328 e. The molecule has 286 valence electrons. The zero-order valence-electron chi connectivity index (χ0n) is 31.4. The molecular formula is C43H36F2N8O4. The predicted molar refractivity (Wildman–Crippen MR) is 212 cm³/mol. The van der Waals surface area contributed by atoms with Crippen molar-refractivity contribution in [3.05, 3.63) is 112 Å². The molecule has 1 atom stereocenters. The van der Waals surface area contributed by atoms with Gasteiger partial charge in [0.25, 0.3) is 18.2 Å². The number of carbonyl (C=O) groups is 3. The second kappa shape index (κ2) is 14.6. The van der Waals surface area contributed by atoms with Crippen LogP contribution in [-0.4, -0.2) is 53.1 Å². The second-order valence-corrected chi connectivity index (χ2v) is 14.3. The molecule has 2 N–H and O–H groups in total. The molecule has 0 radical (unpaired) electrons. The van der Waals surface area contributed by atoms with Crippen molar-refractivity contribution in [1.82, 2.24) is 39.5 Å². The topological polar surface area (TPSA) is 146 Å². The quantitative estimate of drug-likeness (QED) is 0.143. The van der Waals surface area contributed by atoms with Crippen molar-refractivity contribution in [2.24, 2.45) is 14.1 Å². The SMILES string of the molecule is CC(C)c1cc(-c2cccc3cc(-c4ccc(C(=O)NCC#Cc5ccc6c(C(F)F)nn(C7CCC(=O)NC7=O)c6c5)nc4)ncc23)cc2c1n(C)c(=O)n2C. The number of fused-ring (bicyclic) bond motifs is 3. The molecule has 14 heteroatoms. The number of benzene rings is 3. The molecule has 1 aliphatic rings. The molecule has 3 amide bonds. The zero-order chi connectivity index (χ0) is 40.1. The van der Waals surface area contributed by atoms with E-state index in [0.717, 1.165) is 44.1 Å². The number of nitrogens with one attached hydrogen (secondary N) is 2. The number of pyridine rings is 2. The highest BCUT2D eigenvalue weighted by Crippen LogP contribution is 2.36. The van der Waals surface area contributed by atoms with E-state index in [1.807, 2.05) is 24.4 Å². The fourth-order valence-corrected chi connectivity index (χ4v) is 7.46. The molecule has 1 aliphatic heterocycles. The van der Waals surface area contributed by atoms with E-state index < -0.39 is 35.9 Å². The van der Waals surface area contributed by atoms with Gasteiger partial charge >= 0.3 is 5.69 Å². The summed E-state index contributed by atoms with van der Waals surface area (Å²) < 4.78 is 32.2. The number of alkyl halides is 2. The first-order valence-electron chi connectivity index (χ1n) is 18.4. The van der Waals surface area contributed by atoms with E-state index in [-0.39, 0.29) is 42.1 Å². The average Bonchev–Trinajstić information content (AvgIpc) is 3.69. The summed E-state index contributed by atoms with van der Waals surface area (Å²) in [4.78, 5) is 59.0. The first-order chi connectivity index (χ1) is 27.4. The van der Waals surface area contributed by atoms with E-state index in [1.54, 1.807) is 53.7 Å². The number of nitrogens with zero attached hydrogens (tertiary/aromatic N) is 6. The van der Waals surface area contributed by atoms with Gasteiger partial charge in [0.05, 0.1) is 28.8 Å². The highest BCUT2D eigenvalue weighted by atomic mass is 19.3. The van der Waals surface area contributed by atoms with Gasteiger partial charge in [-0.25, -0.2) is 13.6 Å². The van der Waals surface area contributed by atoms with Crippen LogP contribution in [0, 0.1) is 11.8 Å². The monoisotopic (exact) mass is 766 g/mol. The van der Waals surface area contributed by atoms with E-state index in [2.05, 4.69) is 64.6 Å². The minimum absolute atomic E-state index is 0.0181. The van der Waals surface area contributed by atoms with Crippen LogP contribution in [0.5, 0.6) is 0 Å². The molecule has 1 saturated heterocycles. The minimum atomic E-state index is -2.87. The Labute approximate surface area is 324 Å². The second-order valence-electron chi connectivity index (χ2n) is 14.3.